The van der Waals surface area contributed by atoms with Crippen molar-refractivity contribution in [1.29, 1.82) is 0 Å². The van der Waals surface area contributed by atoms with Crippen LogP contribution in [0.15, 0.2) is 11.4 Å². The Morgan fingerprint density at radius 2 is 2.55 bits per heavy atom. The van der Waals surface area contributed by atoms with Gasteiger partial charge in [0.1, 0.15) is 0 Å². The minimum absolute atomic E-state index is 0.162. The molecule has 0 atom stereocenters. The molecule has 4 heteroatoms. The number of rotatable bonds is 2. The van der Waals surface area contributed by atoms with Gasteiger partial charge in [-0.05, 0) is 23.9 Å². The van der Waals surface area contributed by atoms with Crippen molar-refractivity contribution in [2.45, 2.75) is 13.5 Å². The highest BCUT2D eigenvalue weighted by atomic mass is 79.9. The average molecular weight is 234 g/mol. The van der Waals surface area contributed by atoms with Crippen molar-refractivity contribution in [2.24, 2.45) is 0 Å². The highest BCUT2D eigenvalue weighted by Gasteiger charge is 1.99. The van der Waals surface area contributed by atoms with E-state index in [9.17, 15) is 4.79 Å². The highest BCUT2D eigenvalue weighted by Crippen LogP contribution is 2.14. The summed E-state index contributed by atoms with van der Waals surface area (Å²) >= 11 is 4.46. The number of hydrogen-bond donors (Lipinski definition) is 1. The third-order valence-corrected chi connectivity index (χ3v) is 2.66. The van der Waals surface area contributed by atoms with Gasteiger partial charge in [-0.25, -0.2) is 0 Å². The zero-order valence-corrected chi connectivity index (χ0v) is 8.46. The molecule has 1 rings (SSSR count). The molecule has 0 aliphatic heterocycles. The van der Waals surface area contributed by atoms with E-state index in [1.165, 1.54) is 10.4 Å². The van der Waals surface area contributed by atoms with Crippen molar-refractivity contribution >= 4 is 32.1 Å². The van der Waals surface area contributed by atoms with Gasteiger partial charge in [0.15, 0.2) is 0 Å². The van der Waals surface area contributed by atoms with Gasteiger partial charge >= 0.3 is 0 Å². The molecule has 0 bridgehead atoms. The van der Waals surface area contributed by atoms with E-state index >= 15 is 0 Å². The summed E-state index contributed by atoms with van der Waals surface area (Å²) < 4.78 is 0. The number of nitrogens with one attached hydrogen (secondary N) is 1. The molecule has 0 aliphatic rings. The molecule has 0 unspecified atom stereocenters. The third kappa shape index (κ3) is 2.63. The van der Waals surface area contributed by atoms with Crippen LogP contribution < -0.4 is 5.32 Å². The van der Waals surface area contributed by atoms with Gasteiger partial charge in [-0.2, -0.15) is 0 Å². The Hall–Kier alpha value is -0.350. The second-order valence-electron chi connectivity index (χ2n) is 2.15. The Morgan fingerprint density at radius 3 is 3.00 bits per heavy atom. The van der Waals surface area contributed by atoms with Crippen molar-refractivity contribution in [1.82, 2.24) is 5.32 Å². The van der Waals surface area contributed by atoms with Gasteiger partial charge < -0.3 is 5.32 Å². The highest BCUT2D eigenvalue weighted by molar-refractivity contribution is 9.18. The van der Waals surface area contributed by atoms with Crippen molar-refractivity contribution in [2.75, 3.05) is 0 Å². The molecule has 2 nitrogen and oxygen atoms in total. The first-order valence-electron chi connectivity index (χ1n) is 3.16. The van der Waals surface area contributed by atoms with Gasteiger partial charge in [-0.3, -0.25) is 4.79 Å². The fourth-order valence-corrected chi connectivity index (χ4v) is 1.72. The van der Waals surface area contributed by atoms with Gasteiger partial charge in [-0.1, -0.05) is 0 Å². The van der Waals surface area contributed by atoms with Gasteiger partial charge in [0.2, 0.25) is 0 Å². The van der Waals surface area contributed by atoms with Crippen LogP contribution in [-0.2, 0) is 6.54 Å². The SMILES string of the molecule is Cc1ccsc1CNC(=O)Br. The molecule has 1 aromatic rings. The van der Waals surface area contributed by atoms with E-state index in [0.717, 1.165) is 0 Å². The molecule has 0 saturated heterocycles. The standard InChI is InChI=1S/C7H8BrNOS/c1-5-2-3-11-6(5)4-9-7(8)10/h2-3H,4H2,1H3,(H,9,10). The number of carbonyl (C=O) groups is 1. The molecule has 0 aliphatic carbocycles. The zero-order valence-electron chi connectivity index (χ0n) is 6.06. The normalized spacial score (nSPS) is 9.64. The Kier molecular flexibility index (Phi) is 3.08. The molecule has 0 aromatic carbocycles. The van der Waals surface area contributed by atoms with E-state index in [-0.39, 0.29) is 4.82 Å². The molecular formula is C7H8BrNOS. The molecule has 1 heterocycles. The van der Waals surface area contributed by atoms with Crippen molar-refractivity contribution < 1.29 is 4.79 Å². The number of aryl methyl sites for hydroxylation is 1. The van der Waals surface area contributed by atoms with Gasteiger partial charge in [0.05, 0.1) is 6.54 Å². The van der Waals surface area contributed by atoms with Crippen LogP contribution >= 0.6 is 27.3 Å². The lowest BCUT2D eigenvalue weighted by molar-refractivity contribution is 0.261. The molecule has 1 N–H and O–H groups in total. The largest absolute Gasteiger partial charge is 0.342 e. The van der Waals surface area contributed by atoms with Crippen LogP contribution in [0.5, 0.6) is 0 Å². The monoisotopic (exact) mass is 233 g/mol. The smallest absolute Gasteiger partial charge is 0.287 e. The molecule has 60 valence electrons. The fourth-order valence-electron chi connectivity index (χ4n) is 0.735. The molecule has 0 spiro atoms. The van der Waals surface area contributed by atoms with Crippen molar-refractivity contribution in [3.63, 3.8) is 0 Å². The predicted molar refractivity (Wildman–Crippen MR) is 50.2 cm³/mol. The molecule has 1 amide bonds. The summed E-state index contributed by atoms with van der Waals surface area (Å²) in [7, 11) is 0. The Labute approximate surface area is 77.7 Å². The van der Waals surface area contributed by atoms with Crippen LogP contribution in [0.4, 0.5) is 4.79 Å². The van der Waals surface area contributed by atoms with Crippen LogP contribution in [0.3, 0.4) is 0 Å². The van der Waals surface area contributed by atoms with Gasteiger partial charge in [0, 0.05) is 20.8 Å². The Bertz CT molecular complexity index is 259. The van der Waals surface area contributed by atoms with Crippen molar-refractivity contribution in [3.05, 3.63) is 21.9 Å². The maximum absolute atomic E-state index is 10.5. The molecule has 11 heavy (non-hydrogen) atoms. The summed E-state index contributed by atoms with van der Waals surface area (Å²) in [4.78, 5) is 11.5. The van der Waals surface area contributed by atoms with E-state index < -0.39 is 0 Å². The van der Waals surface area contributed by atoms with Crippen LogP contribution in [-0.4, -0.2) is 4.82 Å². The van der Waals surface area contributed by atoms with E-state index in [4.69, 9.17) is 0 Å². The van der Waals surface area contributed by atoms with Crippen molar-refractivity contribution in [3.8, 4) is 0 Å². The Morgan fingerprint density at radius 1 is 1.82 bits per heavy atom. The fraction of sp³-hybridized carbons (Fsp3) is 0.286. The number of carbonyl (C=O) groups excluding carboxylic acids is 1. The van der Waals surface area contributed by atoms with E-state index in [1.807, 2.05) is 18.4 Å². The van der Waals surface area contributed by atoms with Gasteiger partial charge in [0.25, 0.3) is 4.82 Å². The summed E-state index contributed by atoms with van der Waals surface area (Å²) in [5, 5.41) is 4.70. The first-order valence-corrected chi connectivity index (χ1v) is 4.83. The lowest BCUT2D eigenvalue weighted by Gasteiger charge is -1.98. The third-order valence-electron chi connectivity index (χ3n) is 1.36. The molecule has 0 radical (unpaired) electrons. The van der Waals surface area contributed by atoms with E-state index in [1.54, 1.807) is 11.3 Å². The first-order chi connectivity index (χ1) is 5.20. The lowest BCUT2D eigenvalue weighted by atomic mass is 10.3. The molecule has 0 saturated carbocycles. The summed E-state index contributed by atoms with van der Waals surface area (Å²) in [5.74, 6) is 0. The quantitative estimate of drug-likeness (QED) is 0.618. The summed E-state index contributed by atoms with van der Waals surface area (Å²) in [6, 6.07) is 2.04. The van der Waals surface area contributed by atoms with E-state index in [0.29, 0.717) is 6.54 Å². The average Bonchev–Trinajstić information content (AvgIpc) is 2.31. The van der Waals surface area contributed by atoms with Crippen LogP contribution in [0.1, 0.15) is 10.4 Å². The second kappa shape index (κ2) is 3.88. The topological polar surface area (TPSA) is 29.1 Å². The minimum Gasteiger partial charge on any atom is -0.342 e. The van der Waals surface area contributed by atoms with Crippen LogP contribution in [0.25, 0.3) is 0 Å². The zero-order chi connectivity index (χ0) is 8.27. The number of amides is 1. The second-order valence-corrected chi connectivity index (χ2v) is 3.87. The molecule has 1 aromatic heterocycles. The minimum atomic E-state index is -0.162. The number of halogens is 1. The lowest BCUT2D eigenvalue weighted by Crippen LogP contribution is -2.14. The predicted octanol–water partition coefficient (Wildman–Crippen LogP) is 2.66. The van der Waals surface area contributed by atoms with Gasteiger partial charge in [-0.15, -0.1) is 11.3 Å². The number of thiophene rings is 1. The summed E-state index contributed by atoms with van der Waals surface area (Å²) in [6.07, 6.45) is 0. The Balaban J connectivity index is 2.51. The van der Waals surface area contributed by atoms with E-state index in [2.05, 4.69) is 21.2 Å². The number of hydrogen-bond acceptors (Lipinski definition) is 2. The first kappa shape index (κ1) is 8.74. The summed E-state index contributed by atoms with van der Waals surface area (Å²) in [6.45, 7) is 2.65. The molecule has 0 fully saturated rings. The van der Waals surface area contributed by atoms with Crippen LogP contribution in [0, 0.1) is 6.92 Å². The maximum atomic E-state index is 10.5. The molecular weight excluding hydrogens is 226 g/mol. The maximum Gasteiger partial charge on any atom is 0.287 e. The summed E-state index contributed by atoms with van der Waals surface area (Å²) in [5.41, 5.74) is 1.23. The van der Waals surface area contributed by atoms with Crippen LogP contribution in [0.2, 0.25) is 0 Å².